The summed E-state index contributed by atoms with van der Waals surface area (Å²) in [5.74, 6) is 1.93. The lowest BCUT2D eigenvalue weighted by atomic mass is 9.95. The highest BCUT2D eigenvalue weighted by Gasteiger charge is 2.26. The van der Waals surface area contributed by atoms with Gasteiger partial charge in [0.25, 0.3) is 0 Å². The Bertz CT molecular complexity index is 367. The molecule has 1 heterocycles. The third-order valence-electron chi connectivity index (χ3n) is 2.99. The highest BCUT2D eigenvalue weighted by Crippen LogP contribution is 2.40. The highest BCUT2D eigenvalue weighted by atomic mass is 79.9. The molecule has 0 saturated heterocycles. The number of rotatable bonds is 3. The van der Waals surface area contributed by atoms with Gasteiger partial charge in [-0.05, 0) is 42.6 Å². The second kappa shape index (κ2) is 5.56. The van der Waals surface area contributed by atoms with E-state index >= 15 is 0 Å². The second-order valence-corrected chi connectivity index (χ2v) is 6.38. The molecule has 2 unspecified atom stereocenters. The molecule has 0 aliphatic carbocycles. The van der Waals surface area contributed by atoms with Crippen LogP contribution in [0, 0.1) is 5.92 Å². The Labute approximate surface area is 111 Å². The molecule has 0 amide bonds. The third kappa shape index (κ3) is 2.63. The van der Waals surface area contributed by atoms with Crippen molar-refractivity contribution in [1.82, 2.24) is 5.32 Å². The lowest BCUT2D eigenvalue weighted by Gasteiger charge is -2.32. The maximum absolute atomic E-state index is 3.67. The van der Waals surface area contributed by atoms with E-state index in [0.717, 1.165) is 6.54 Å². The Kier molecular flexibility index (Phi) is 4.34. The molecule has 0 bridgehead atoms. The number of benzene rings is 1. The Hall–Kier alpha value is 0.01000. The summed E-state index contributed by atoms with van der Waals surface area (Å²) >= 11 is 5.55. The number of thioether (sulfide) groups is 1. The van der Waals surface area contributed by atoms with E-state index in [1.165, 1.54) is 27.1 Å². The van der Waals surface area contributed by atoms with Crippen LogP contribution in [0.15, 0.2) is 27.6 Å². The van der Waals surface area contributed by atoms with Crippen molar-refractivity contribution in [3.63, 3.8) is 0 Å². The first-order valence-electron chi connectivity index (χ1n) is 5.88. The summed E-state index contributed by atoms with van der Waals surface area (Å²) in [5.41, 5.74) is 1.46. The van der Waals surface area contributed by atoms with Gasteiger partial charge in [-0.1, -0.05) is 29.8 Å². The molecular weight excluding hydrogens is 282 g/mol. The maximum Gasteiger partial charge on any atom is 0.0365 e. The summed E-state index contributed by atoms with van der Waals surface area (Å²) in [6.45, 7) is 5.66. The summed E-state index contributed by atoms with van der Waals surface area (Å²) in [5, 5.41) is 3.67. The number of hydrogen-bond donors (Lipinski definition) is 1. The molecule has 0 spiro atoms. The van der Waals surface area contributed by atoms with Crippen LogP contribution in [0.4, 0.5) is 0 Å². The van der Waals surface area contributed by atoms with Gasteiger partial charge in [-0.2, -0.15) is 0 Å². The Balaban J connectivity index is 2.27. The van der Waals surface area contributed by atoms with Crippen LogP contribution in [-0.4, -0.2) is 12.3 Å². The van der Waals surface area contributed by atoms with Crippen molar-refractivity contribution in [2.75, 3.05) is 12.3 Å². The lowest BCUT2D eigenvalue weighted by Crippen LogP contribution is -2.31. The fourth-order valence-electron chi connectivity index (χ4n) is 2.13. The zero-order valence-corrected chi connectivity index (χ0v) is 12.2. The van der Waals surface area contributed by atoms with Crippen LogP contribution >= 0.6 is 27.7 Å². The van der Waals surface area contributed by atoms with Crippen LogP contribution in [0.3, 0.4) is 0 Å². The Morgan fingerprint density at radius 3 is 3.06 bits per heavy atom. The first kappa shape index (κ1) is 12.5. The molecule has 2 rings (SSSR count). The quantitative estimate of drug-likeness (QED) is 0.896. The topological polar surface area (TPSA) is 12.0 Å². The molecule has 1 aromatic rings. The minimum atomic E-state index is 0.522. The molecule has 0 radical (unpaired) electrons. The molecule has 2 atom stereocenters. The average molecular weight is 300 g/mol. The normalized spacial score (nSPS) is 24.2. The maximum atomic E-state index is 3.67. The standard InChI is InChI=1S/C13H18BrNS/c1-3-6-15-13-9(2)8-16-12-5-4-10(14)7-11(12)13/h4-5,7,9,13,15H,3,6,8H2,1-2H3. The van der Waals surface area contributed by atoms with Crippen LogP contribution in [0.5, 0.6) is 0 Å². The number of hydrogen-bond acceptors (Lipinski definition) is 2. The molecule has 3 heteroatoms. The number of nitrogens with one attached hydrogen (secondary N) is 1. The first-order valence-corrected chi connectivity index (χ1v) is 7.66. The van der Waals surface area contributed by atoms with E-state index in [4.69, 9.17) is 0 Å². The molecular formula is C13H18BrNS. The van der Waals surface area contributed by atoms with E-state index in [1.807, 2.05) is 11.8 Å². The van der Waals surface area contributed by atoms with Gasteiger partial charge in [0.1, 0.15) is 0 Å². The van der Waals surface area contributed by atoms with Crippen molar-refractivity contribution in [2.45, 2.75) is 31.2 Å². The van der Waals surface area contributed by atoms with E-state index in [0.29, 0.717) is 12.0 Å². The summed E-state index contributed by atoms with van der Waals surface area (Å²) in [4.78, 5) is 1.44. The van der Waals surface area contributed by atoms with Gasteiger partial charge in [-0.25, -0.2) is 0 Å². The predicted octanol–water partition coefficient (Wildman–Crippen LogP) is 4.23. The number of fused-ring (bicyclic) bond motifs is 1. The largest absolute Gasteiger partial charge is 0.310 e. The lowest BCUT2D eigenvalue weighted by molar-refractivity contribution is 0.407. The summed E-state index contributed by atoms with van der Waals surface area (Å²) in [6, 6.07) is 7.16. The SMILES string of the molecule is CCCNC1c2cc(Br)ccc2SCC1C. The van der Waals surface area contributed by atoms with Gasteiger partial charge >= 0.3 is 0 Å². The van der Waals surface area contributed by atoms with Crippen LogP contribution in [-0.2, 0) is 0 Å². The van der Waals surface area contributed by atoms with Crippen LogP contribution in [0.1, 0.15) is 31.9 Å². The monoisotopic (exact) mass is 299 g/mol. The van der Waals surface area contributed by atoms with E-state index in [1.54, 1.807) is 0 Å². The molecule has 1 aromatic carbocycles. The molecule has 1 nitrogen and oxygen atoms in total. The summed E-state index contributed by atoms with van der Waals surface area (Å²) in [6.07, 6.45) is 1.19. The van der Waals surface area contributed by atoms with E-state index in [9.17, 15) is 0 Å². The van der Waals surface area contributed by atoms with Crippen molar-refractivity contribution >= 4 is 27.7 Å². The molecule has 1 N–H and O–H groups in total. The fourth-order valence-corrected chi connectivity index (χ4v) is 3.66. The van der Waals surface area contributed by atoms with Crippen molar-refractivity contribution in [3.05, 3.63) is 28.2 Å². The average Bonchev–Trinajstić information content (AvgIpc) is 2.28. The Morgan fingerprint density at radius 1 is 1.50 bits per heavy atom. The van der Waals surface area contributed by atoms with Gasteiger partial charge in [0.05, 0.1) is 0 Å². The zero-order chi connectivity index (χ0) is 11.5. The molecule has 1 aliphatic rings. The molecule has 0 saturated carbocycles. The van der Waals surface area contributed by atoms with Gasteiger partial charge in [-0.15, -0.1) is 11.8 Å². The third-order valence-corrected chi connectivity index (χ3v) is 4.86. The van der Waals surface area contributed by atoms with E-state index < -0.39 is 0 Å². The summed E-state index contributed by atoms with van der Waals surface area (Å²) < 4.78 is 1.18. The fraction of sp³-hybridized carbons (Fsp3) is 0.538. The Morgan fingerprint density at radius 2 is 2.31 bits per heavy atom. The molecule has 0 aromatic heterocycles. The molecule has 1 aliphatic heterocycles. The second-order valence-electron chi connectivity index (χ2n) is 4.40. The zero-order valence-electron chi connectivity index (χ0n) is 9.79. The van der Waals surface area contributed by atoms with Gasteiger partial charge in [0.2, 0.25) is 0 Å². The number of halogens is 1. The van der Waals surface area contributed by atoms with Crippen molar-refractivity contribution < 1.29 is 0 Å². The molecule has 88 valence electrons. The van der Waals surface area contributed by atoms with Crippen molar-refractivity contribution in [1.29, 1.82) is 0 Å². The molecule has 0 fully saturated rings. The first-order chi connectivity index (χ1) is 7.72. The summed E-state index contributed by atoms with van der Waals surface area (Å²) in [7, 11) is 0. The van der Waals surface area contributed by atoms with E-state index in [2.05, 4.69) is 53.3 Å². The van der Waals surface area contributed by atoms with Gasteiger partial charge in [-0.3, -0.25) is 0 Å². The van der Waals surface area contributed by atoms with Gasteiger partial charge in [0.15, 0.2) is 0 Å². The van der Waals surface area contributed by atoms with Gasteiger partial charge < -0.3 is 5.32 Å². The minimum Gasteiger partial charge on any atom is -0.310 e. The minimum absolute atomic E-state index is 0.522. The van der Waals surface area contributed by atoms with Crippen LogP contribution in [0.25, 0.3) is 0 Å². The highest BCUT2D eigenvalue weighted by molar-refractivity contribution is 9.10. The van der Waals surface area contributed by atoms with E-state index in [-0.39, 0.29) is 0 Å². The predicted molar refractivity (Wildman–Crippen MR) is 75.1 cm³/mol. The van der Waals surface area contributed by atoms with Crippen LogP contribution < -0.4 is 5.32 Å². The van der Waals surface area contributed by atoms with Crippen LogP contribution in [0.2, 0.25) is 0 Å². The van der Waals surface area contributed by atoms with Crippen molar-refractivity contribution in [2.24, 2.45) is 5.92 Å². The van der Waals surface area contributed by atoms with Crippen molar-refractivity contribution in [3.8, 4) is 0 Å². The molecule has 16 heavy (non-hydrogen) atoms. The smallest absolute Gasteiger partial charge is 0.0365 e. The van der Waals surface area contributed by atoms with Gasteiger partial charge in [0, 0.05) is 21.2 Å².